The van der Waals surface area contributed by atoms with Gasteiger partial charge in [-0.25, -0.2) is 9.50 Å². The standard InChI is InChI=1S/C21H23F3N6O3/c1-12-16(13(2)30-20(27-12)28-19(29-30)21(22,23)24)7-8-17(32)25-9-4-10-26-18(33)14-5-3-6-15(31)11-14/h3,5-6,11,31H,4,7-10H2,1-2H3,(H,25,32)(H,26,33). The molecular formula is C21H23F3N6O3. The van der Waals surface area contributed by atoms with Crippen LogP contribution in [0.25, 0.3) is 5.78 Å². The first-order valence-electron chi connectivity index (χ1n) is 10.2. The molecular weight excluding hydrogens is 441 g/mol. The summed E-state index contributed by atoms with van der Waals surface area (Å²) in [4.78, 5) is 31.7. The van der Waals surface area contributed by atoms with Crippen molar-refractivity contribution in [2.75, 3.05) is 13.1 Å². The second-order valence-corrected chi connectivity index (χ2v) is 7.42. The van der Waals surface area contributed by atoms with Gasteiger partial charge in [-0.1, -0.05) is 6.07 Å². The van der Waals surface area contributed by atoms with Crippen LogP contribution < -0.4 is 10.6 Å². The summed E-state index contributed by atoms with van der Waals surface area (Å²) in [5.74, 6) is -1.96. The quantitative estimate of drug-likeness (QED) is 0.440. The lowest BCUT2D eigenvalue weighted by atomic mass is 10.1. The van der Waals surface area contributed by atoms with Gasteiger partial charge in [-0.3, -0.25) is 9.59 Å². The third-order valence-electron chi connectivity index (χ3n) is 4.97. The van der Waals surface area contributed by atoms with Crippen LogP contribution in [-0.4, -0.2) is 49.6 Å². The van der Waals surface area contributed by atoms with Gasteiger partial charge in [0.2, 0.25) is 5.91 Å². The van der Waals surface area contributed by atoms with E-state index in [4.69, 9.17) is 0 Å². The molecule has 2 heterocycles. The van der Waals surface area contributed by atoms with Gasteiger partial charge in [0.25, 0.3) is 17.5 Å². The number of nitrogens with one attached hydrogen (secondary N) is 2. The van der Waals surface area contributed by atoms with Crippen molar-refractivity contribution in [3.8, 4) is 5.75 Å². The van der Waals surface area contributed by atoms with Crippen LogP contribution in [0.3, 0.4) is 0 Å². The molecule has 0 radical (unpaired) electrons. The summed E-state index contributed by atoms with van der Waals surface area (Å²) in [6.07, 6.45) is -3.77. The Balaban J connectivity index is 1.47. The van der Waals surface area contributed by atoms with Crippen LogP contribution in [0.15, 0.2) is 24.3 Å². The molecule has 0 aliphatic heterocycles. The third kappa shape index (κ3) is 5.96. The van der Waals surface area contributed by atoms with Crippen LogP contribution >= 0.6 is 0 Å². The minimum atomic E-state index is -4.67. The molecule has 0 spiro atoms. The second-order valence-electron chi connectivity index (χ2n) is 7.42. The highest BCUT2D eigenvalue weighted by atomic mass is 19.4. The number of benzene rings is 1. The van der Waals surface area contributed by atoms with Gasteiger partial charge in [-0.2, -0.15) is 18.2 Å². The van der Waals surface area contributed by atoms with Crippen LogP contribution in [0, 0.1) is 13.8 Å². The number of amides is 2. The van der Waals surface area contributed by atoms with E-state index in [9.17, 15) is 27.9 Å². The average molecular weight is 464 g/mol. The van der Waals surface area contributed by atoms with Gasteiger partial charge < -0.3 is 15.7 Å². The molecule has 0 aliphatic rings. The first-order chi connectivity index (χ1) is 15.6. The summed E-state index contributed by atoms with van der Waals surface area (Å²) < 4.78 is 39.7. The number of rotatable bonds is 8. The van der Waals surface area contributed by atoms with Gasteiger partial charge >= 0.3 is 6.18 Å². The predicted molar refractivity (Wildman–Crippen MR) is 112 cm³/mol. The first-order valence-corrected chi connectivity index (χ1v) is 10.2. The summed E-state index contributed by atoms with van der Waals surface area (Å²) in [6, 6.07) is 5.97. The Kier molecular flexibility index (Phi) is 7.14. The molecule has 9 nitrogen and oxygen atoms in total. The second kappa shape index (κ2) is 9.84. The van der Waals surface area contributed by atoms with E-state index in [1.54, 1.807) is 26.0 Å². The number of aromatic hydroxyl groups is 1. The smallest absolute Gasteiger partial charge is 0.453 e. The van der Waals surface area contributed by atoms with Crippen molar-refractivity contribution in [1.82, 2.24) is 30.2 Å². The molecule has 3 rings (SSSR count). The van der Waals surface area contributed by atoms with Crippen LogP contribution in [0.4, 0.5) is 13.2 Å². The SMILES string of the molecule is Cc1nc2nc(C(F)(F)F)nn2c(C)c1CCC(=O)NCCCNC(=O)c1cccc(O)c1. The number of carbonyl (C=O) groups excluding carboxylic acids is 2. The highest BCUT2D eigenvalue weighted by Gasteiger charge is 2.36. The number of carbonyl (C=O) groups is 2. The molecule has 0 atom stereocenters. The number of phenolic OH excluding ortho intramolecular Hbond substituents is 1. The maximum absolute atomic E-state index is 12.9. The maximum Gasteiger partial charge on any atom is 0.453 e. The maximum atomic E-state index is 12.9. The van der Waals surface area contributed by atoms with Gasteiger partial charge in [0.1, 0.15) is 5.75 Å². The summed E-state index contributed by atoms with van der Waals surface area (Å²) in [5, 5.41) is 18.3. The number of hydrogen-bond acceptors (Lipinski definition) is 6. The molecule has 12 heteroatoms. The number of fused-ring (bicyclic) bond motifs is 1. The van der Waals surface area contributed by atoms with E-state index < -0.39 is 12.0 Å². The van der Waals surface area contributed by atoms with Gasteiger partial charge in [0.05, 0.1) is 0 Å². The van der Waals surface area contributed by atoms with Gasteiger partial charge in [-0.05, 0) is 50.5 Å². The van der Waals surface area contributed by atoms with Crippen LogP contribution in [0.2, 0.25) is 0 Å². The monoisotopic (exact) mass is 464 g/mol. The zero-order valence-electron chi connectivity index (χ0n) is 18.0. The molecule has 0 bridgehead atoms. The number of alkyl halides is 3. The van der Waals surface area contributed by atoms with Crippen molar-refractivity contribution < 1.29 is 27.9 Å². The molecule has 0 unspecified atom stereocenters. The Hall–Kier alpha value is -3.70. The van der Waals surface area contributed by atoms with E-state index in [1.807, 2.05) is 0 Å². The van der Waals surface area contributed by atoms with Crippen LogP contribution in [0.1, 0.15) is 46.0 Å². The van der Waals surface area contributed by atoms with Crippen molar-refractivity contribution in [3.05, 3.63) is 52.6 Å². The van der Waals surface area contributed by atoms with Crippen LogP contribution in [0.5, 0.6) is 5.75 Å². The number of hydrogen-bond donors (Lipinski definition) is 3. The Morgan fingerprint density at radius 2 is 1.85 bits per heavy atom. The zero-order valence-corrected chi connectivity index (χ0v) is 18.0. The molecule has 2 amide bonds. The van der Waals surface area contributed by atoms with E-state index in [1.165, 1.54) is 12.1 Å². The Morgan fingerprint density at radius 3 is 2.55 bits per heavy atom. The lowest BCUT2D eigenvalue weighted by molar-refractivity contribution is -0.144. The lowest BCUT2D eigenvalue weighted by Crippen LogP contribution is -2.30. The minimum absolute atomic E-state index is 0.000603. The lowest BCUT2D eigenvalue weighted by Gasteiger charge is -2.11. The van der Waals surface area contributed by atoms with Gasteiger partial charge in [0.15, 0.2) is 0 Å². The van der Waals surface area contributed by atoms with E-state index in [2.05, 4.69) is 25.7 Å². The predicted octanol–water partition coefficient (Wildman–Crippen LogP) is 2.33. The van der Waals surface area contributed by atoms with Crippen molar-refractivity contribution >= 4 is 17.6 Å². The minimum Gasteiger partial charge on any atom is -0.508 e. The summed E-state index contributed by atoms with van der Waals surface area (Å²) in [5.41, 5.74) is 1.91. The van der Waals surface area contributed by atoms with E-state index in [-0.39, 0.29) is 36.2 Å². The fraction of sp³-hybridized carbons (Fsp3) is 0.381. The molecule has 1 aromatic carbocycles. The van der Waals surface area contributed by atoms with E-state index in [0.29, 0.717) is 42.0 Å². The van der Waals surface area contributed by atoms with Gasteiger partial charge in [0, 0.05) is 36.5 Å². The Labute approximate surface area is 187 Å². The Bertz CT molecular complexity index is 1180. The molecule has 33 heavy (non-hydrogen) atoms. The van der Waals surface area contributed by atoms with Crippen molar-refractivity contribution in [2.45, 2.75) is 39.3 Å². The summed E-state index contributed by atoms with van der Waals surface area (Å²) in [7, 11) is 0. The highest BCUT2D eigenvalue weighted by molar-refractivity contribution is 5.94. The molecule has 0 saturated carbocycles. The number of halogens is 3. The number of phenols is 1. The van der Waals surface area contributed by atoms with Crippen molar-refractivity contribution in [2.24, 2.45) is 0 Å². The highest BCUT2D eigenvalue weighted by Crippen LogP contribution is 2.27. The molecule has 0 saturated heterocycles. The largest absolute Gasteiger partial charge is 0.508 e. The molecule has 0 aliphatic carbocycles. The zero-order chi connectivity index (χ0) is 24.2. The number of aromatic nitrogens is 4. The molecule has 0 fully saturated rings. The van der Waals surface area contributed by atoms with Crippen molar-refractivity contribution in [3.63, 3.8) is 0 Å². The normalized spacial score (nSPS) is 11.5. The average Bonchev–Trinajstić information content (AvgIpc) is 3.18. The molecule has 3 N–H and O–H groups in total. The molecule has 3 aromatic rings. The van der Waals surface area contributed by atoms with Crippen LogP contribution in [-0.2, 0) is 17.4 Å². The fourth-order valence-electron chi connectivity index (χ4n) is 3.28. The van der Waals surface area contributed by atoms with E-state index in [0.717, 1.165) is 4.52 Å². The van der Waals surface area contributed by atoms with Crippen molar-refractivity contribution in [1.29, 1.82) is 0 Å². The summed E-state index contributed by atoms with van der Waals surface area (Å²) >= 11 is 0. The summed E-state index contributed by atoms with van der Waals surface area (Å²) in [6.45, 7) is 3.93. The van der Waals surface area contributed by atoms with E-state index >= 15 is 0 Å². The Morgan fingerprint density at radius 1 is 1.12 bits per heavy atom. The first kappa shape index (κ1) is 24.0. The number of nitrogens with zero attached hydrogens (tertiary/aromatic N) is 4. The van der Waals surface area contributed by atoms with Gasteiger partial charge in [-0.15, -0.1) is 5.10 Å². The number of aryl methyl sites for hydroxylation is 2. The fourth-order valence-corrected chi connectivity index (χ4v) is 3.28. The molecule has 176 valence electrons. The molecule has 2 aromatic heterocycles. The third-order valence-corrected chi connectivity index (χ3v) is 4.97. The topological polar surface area (TPSA) is 122 Å².